The zero-order valence-corrected chi connectivity index (χ0v) is 15.7. The molecular weight excluding hydrogens is 356 g/mol. The molecule has 27 heavy (non-hydrogen) atoms. The highest BCUT2D eigenvalue weighted by Crippen LogP contribution is 2.36. The van der Waals surface area contributed by atoms with E-state index in [0.29, 0.717) is 0 Å². The molecule has 0 fully saturated rings. The van der Waals surface area contributed by atoms with Crippen molar-refractivity contribution in [3.63, 3.8) is 0 Å². The highest BCUT2D eigenvalue weighted by Gasteiger charge is 2.22. The molecule has 0 spiro atoms. The van der Waals surface area contributed by atoms with Crippen LogP contribution in [0.15, 0.2) is 54.9 Å². The second-order valence-electron chi connectivity index (χ2n) is 6.57. The number of aromatic nitrogens is 3. The van der Waals surface area contributed by atoms with Gasteiger partial charge in [0, 0.05) is 18.7 Å². The van der Waals surface area contributed by atoms with Crippen LogP contribution in [0, 0.1) is 0 Å². The van der Waals surface area contributed by atoms with Crippen molar-refractivity contribution in [2.75, 3.05) is 18.6 Å². The van der Waals surface area contributed by atoms with Crippen LogP contribution >= 0.6 is 11.5 Å². The van der Waals surface area contributed by atoms with Gasteiger partial charge in [0.2, 0.25) is 0 Å². The maximum absolute atomic E-state index is 5.25. The molecule has 0 amide bonds. The van der Waals surface area contributed by atoms with Gasteiger partial charge in [-0.25, -0.2) is 9.97 Å². The molecule has 1 aliphatic rings. The summed E-state index contributed by atoms with van der Waals surface area (Å²) in [4.78, 5) is 11.5. The topological polar surface area (TPSA) is 51.1 Å². The third-order valence-electron chi connectivity index (χ3n) is 5.03. The van der Waals surface area contributed by atoms with Crippen LogP contribution in [0.5, 0.6) is 5.75 Å². The molecule has 5 rings (SSSR count). The summed E-state index contributed by atoms with van der Waals surface area (Å²) in [6, 6.07) is 16.6. The smallest absolute Gasteiger partial charge is 0.152 e. The molecule has 0 saturated carbocycles. The van der Waals surface area contributed by atoms with Crippen LogP contribution in [0.1, 0.15) is 11.1 Å². The molecule has 1 aliphatic heterocycles. The number of benzene rings is 2. The van der Waals surface area contributed by atoms with Crippen molar-refractivity contribution in [2.45, 2.75) is 13.0 Å². The standard InChI is InChI=1S/C21H18N4OS/c1-26-17-8-6-15(7-9-17)18-19-20(27-24-18)21(23-13-22-19)25-11-10-14-4-2-3-5-16(14)12-25/h2-9,13H,10-12H2,1H3. The molecule has 5 nitrogen and oxygen atoms in total. The first kappa shape index (κ1) is 16.2. The van der Waals surface area contributed by atoms with Gasteiger partial charge in [-0.05, 0) is 53.3 Å². The van der Waals surface area contributed by atoms with Crippen LogP contribution in [0.25, 0.3) is 21.5 Å². The van der Waals surface area contributed by atoms with Crippen molar-refractivity contribution >= 4 is 27.6 Å². The van der Waals surface area contributed by atoms with Gasteiger partial charge >= 0.3 is 0 Å². The average molecular weight is 374 g/mol. The monoisotopic (exact) mass is 374 g/mol. The van der Waals surface area contributed by atoms with Crippen molar-refractivity contribution in [1.29, 1.82) is 0 Å². The lowest BCUT2D eigenvalue weighted by Gasteiger charge is -2.29. The number of fused-ring (bicyclic) bond motifs is 2. The van der Waals surface area contributed by atoms with E-state index in [4.69, 9.17) is 9.11 Å². The van der Waals surface area contributed by atoms with Crippen molar-refractivity contribution in [2.24, 2.45) is 0 Å². The number of hydrogen-bond acceptors (Lipinski definition) is 6. The van der Waals surface area contributed by atoms with E-state index in [9.17, 15) is 0 Å². The Morgan fingerprint density at radius 1 is 1.00 bits per heavy atom. The molecule has 134 valence electrons. The molecule has 0 bridgehead atoms. The zero-order valence-electron chi connectivity index (χ0n) is 14.9. The van der Waals surface area contributed by atoms with Gasteiger partial charge in [0.1, 0.15) is 28.0 Å². The highest BCUT2D eigenvalue weighted by atomic mass is 32.1. The highest BCUT2D eigenvalue weighted by molar-refractivity contribution is 7.14. The Morgan fingerprint density at radius 3 is 2.63 bits per heavy atom. The van der Waals surface area contributed by atoms with Crippen LogP contribution < -0.4 is 9.64 Å². The van der Waals surface area contributed by atoms with Crippen molar-refractivity contribution in [3.05, 3.63) is 66.0 Å². The maximum atomic E-state index is 5.25. The average Bonchev–Trinajstić information content (AvgIpc) is 3.18. The molecule has 0 N–H and O–H groups in total. The third-order valence-corrected chi connectivity index (χ3v) is 5.86. The van der Waals surface area contributed by atoms with Crippen LogP contribution in [-0.4, -0.2) is 28.0 Å². The van der Waals surface area contributed by atoms with E-state index in [0.717, 1.165) is 52.6 Å². The molecule has 2 aromatic heterocycles. The first-order valence-electron chi connectivity index (χ1n) is 8.90. The Hall–Kier alpha value is -2.99. The second kappa shape index (κ2) is 6.63. The Morgan fingerprint density at radius 2 is 1.81 bits per heavy atom. The number of hydrogen-bond donors (Lipinski definition) is 0. The van der Waals surface area contributed by atoms with Crippen molar-refractivity contribution in [3.8, 4) is 17.0 Å². The lowest BCUT2D eigenvalue weighted by molar-refractivity contribution is 0.415. The first-order valence-corrected chi connectivity index (χ1v) is 9.67. The molecule has 0 atom stereocenters. The minimum atomic E-state index is 0.834. The fourth-order valence-electron chi connectivity index (χ4n) is 3.59. The minimum absolute atomic E-state index is 0.834. The van der Waals surface area contributed by atoms with E-state index in [1.54, 1.807) is 13.4 Å². The Labute approximate surface area is 161 Å². The van der Waals surface area contributed by atoms with Crippen LogP contribution in [-0.2, 0) is 13.0 Å². The van der Waals surface area contributed by atoms with Gasteiger partial charge in [0.25, 0.3) is 0 Å². The summed E-state index contributed by atoms with van der Waals surface area (Å²) in [5.41, 5.74) is 5.65. The van der Waals surface area contributed by atoms with E-state index >= 15 is 0 Å². The Balaban J connectivity index is 1.54. The van der Waals surface area contributed by atoms with Crippen LogP contribution in [0.4, 0.5) is 5.82 Å². The van der Waals surface area contributed by atoms with E-state index in [1.165, 1.54) is 22.7 Å². The summed E-state index contributed by atoms with van der Waals surface area (Å²) in [6.07, 6.45) is 2.69. The van der Waals surface area contributed by atoms with Gasteiger partial charge in [-0.1, -0.05) is 24.3 Å². The van der Waals surface area contributed by atoms with Crippen molar-refractivity contribution < 1.29 is 4.74 Å². The quantitative estimate of drug-likeness (QED) is 0.534. The fraction of sp³-hybridized carbons (Fsp3) is 0.190. The normalized spacial score (nSPS) is 13.6. The summed E-state index contributed by atoms with van der Waals surface area (Å²) in [7, 11) is 1.67. The molecule has 4 aromatic rings. The molecule has 3 heterocycles. The number of anilines is 1. The predicted octanol–water partition coefficient (Wildman–Crippen LogP) is 4.32. The first-order chi connectivity index (χ1) is 13.3. The van der Waals surface area contributed by atoms with Crippen LogP contribution in [0.2, 0.25) is 0 Å². The zero-order chi connectivity index (χ0) is 18.2. The number of nitrogens with zero attached hydrogens (tertiary/aromatic N) is 4. The van der Waals surface area contributed by atoms with E-state index in [2.05, 4.69) is 39.1 Å². The Bertz CT molecular complexity index is 1110. The van der Waals surface area contributed by atoms with E-state index < -0.39 is 0 Å². The summed E-state index contributed by atoms with van der Waals surface area (Å²) < 4.78 is 11.0. The second-order valence-corrected chi connectivity index (χ2v) is 7.35. The number of ether oxygens (including phenoxy) is 1. The lowest BCUT2D eigenvalue weighted by atomic mass is 10.00. The lowest BCUT2D eigenvalue weighted by Crippen LogP contribution is -2.31. The number of methoxy groups -OCH3 is 1. The van der Waals surface area contributed by atoms with Gasteiger partial charge in [0.15, 0.2) is 5.82 Å². The van der Waals surface area contributed by atoms with Gasteiger partial charge < -0.3 is 9.64 Å². The molecule has 6 heteroatoms. The summed E-state index contributed by atoms with van der Waals surface area (Å²) in [5.74, 6) is 1.81. The third kappa shape index (κ3) is 2.82. The fourth-order valence-corrected chi connectivity index (χ4v) is 4.47. The summed E-state index contributed by atoms with van der Waals surface area (Å²) in [6.45, 7) is 1.83. The number of rotatable bonds is 3. The van der Waals surface area contributed by atoms with Gasteiger partial charge in [-0.2, -0.15) is 4.37 Å². The largest absolute Gasteiger partial charge is 0.497 e. The molecule has 0 unspecified atom stereocenters. The van der Waals surface area contributed by atoms with E-state index in [-0.39, 0.29) is 0 Å². The molecule has 0 aliphatic carbocycles. The van der Waals surface area contributed by atoms with Gasteiger partial charge in [-0.3, -0.25) is 0 Å². The van der Waals surface area contributed by atoms with Gasteiger partial charge in [-0.15, -0.1) is 0 Å². The maximum Gasteiger partial charge on any atom is 0.152 e. The summed E-state index contributed by atoms with van der Waals surface area (Å²) >= 11 is 1.47. The Kier molecular flexibility index (Phi) is 3.98. The van der Waals surface area contributed by atoms with Crippen molar-refractivity contribution in [1.82, 2.24) is 14.3 Å². The summed E-state index contributed by atoms with van der Waals surface area (Å²) in [5, 5.41) is 0. The SMILES string of the molecule is COc1ccc(-c2nsc3c(N4CCc5ccccc5C4)ncnc23)cc1. The van der Waals surface area contributed by atoms with Gasteiger partial charge in [0.05, 0.1) is 7.11 Å². The van der Waals surface area contributed by atoms with Crippen LogP contribution in [0.3, 0.4) is 0 Å². The molecule has 0 saturated heterocycles. The molecule has 0 radical (unpaired) electrons. The molecular formula is C21H18N4OS. The minimum Gasteiger partial charge on any atom is -0.497 e. The predicted molar refractivity (Wildman–Crippen MR) is 108 cm³/mol. The molecule has 2 aromatic carbocycles. The van der Waals surface area contributed by atoms with E-state index in [1.807, 2.05) is 24.3 Å².